The van der Waals surface area contributed by atoms with Crippen LogP contribution in [0.4, 0.5) is 0 Å². The predicted molar refractivity (Wildman–Crippen MR) is 71.0 cm³/mol. The van der Waals surface area contributed by atoms with Crippen LogP contribution in [0.5, 0.6) is 5.75 Å². The molecule has 0 amide bonds. The van der Waals surface area contributed by atoms with Crippen LogP contribution >= 0.6 is 0 Å². The molecule has 2 aromatic carbocycles. The van der Waals surface area contributed by atoms with Crippen LogP contribution in [0.25, 0.3) is 10.8 Å². The zero-order valence-corrected chi connectivity index (χ0v) is 9.65. The fourth-order valence-electron chi connectivity index (χ4n) is 1.97. The third kappa shape index (κ3) is 2.41. The third-order valence-corrected chi connectivity index (χ3v) is 2.70. The summed E-state index contributed by atoms with van der Waals surface area (Å²) in [7, 11) is 0. The molecule has 2 nitrogen and oxygen atoms in total. The summed E-state index contributed by atoms with van der Waals surface area (Å²) in [6, 6.07) is 12.2. The molecule has 2 rings (SSSR count). The van der Waals surface area contributed by atoms with E-state index in [1.165, 1.54) is 10.8 Å². The second-order valence-electron chi connectivity index (χ2n) is 3.79. The van der Waals surface area contributed by atoms with Crippen molar-refractivity contribution in [1.82, 2.24) is 0 Å². The first-order valence-electron chi connectivity index (χ1n) is 5.63. The normalized spacial score (nSPS) is 10.1. The number of benzene rings is 2. The maximum Gasteiger partial charge on any atom is 0.148 e. The molecule has 0 aliphatic rings. The van der Waals surface area contributed by atoms with Crippen LogP contribution in [-0.2, 0) is 6.42 Å². The van der Waals surface area contributed by atoms with E-state index < -0.39 is 0 Å². The van der Waals surface area contributed by atoms with E-state index in [1.807, 2.05) is 24.3 Å². The molecule has 0 unspecified atom stereocenters. The van der Waals surface area contributed by atoms with Crippen LogP contribution in [0.1, 0.15) is 5.56 Å². The number of hydrogen-bond acceptors (Lipinski definition) is 2. The maximum absolute atomic E-state index is 5.65. The van der Waals surface area contributed by atoms with Crippen molar-refractivity contribution < 1.29 is 4.74 Å². The van der Waals surface area contributed by atoms with Crippen molar-refractivity contribution in [3.05, 3.63) is 42.0 Å². The van der Waals surface area contributed by atoms with E-state index >= 15 is 0 Å². The van der Waals surface area contributed by atoms with Gasteiger partial charge in [0, 0.05) is 5.56 Å². The Labute approximate surface area is 101 Å². The van der Waals surface area contributed by atoms with Gasteiger partial charge in [-0.15, -0.1) is 6.42 Å². The summed E-state index contributed by atoms with van der Waals surface area (Å²) in [6.07, 6.45) is 6.01. The number of terminal acetylenes is 1. The monoisotopic (exact) mass is 225 g/mol. The zero-order chi connectivity index (χ0) is 12.1. The van der Waals surface area contributed by atoms with Gasteiger partial charge in [-0.3, -0.25) is 0 Å². The summed E-state index contributed by atoms with van der Waals surface area (Å²) >= 11 is 0. The van der Waals surface area contributed by atoms with Crippen LogP contribution in [0.3, 0.4) is 0 Å². The molecule has 0 spiro atoms. The van der Waals surface area contributed by atoms with Crippen molar-refractivity contribution in [1.29, 1.82) is 0 Å². The highest BCUT2D eigenvalue weighted by molar-refractivity contribution is 5.87. The molecule has 0 saturated carbocycles. The summed E-state index contributed by atoms with van der Waals surface area (Å²) in [5, 5.41) is 2.39. The number of nitrogens with two attached hydrogens (primary N) is 1. The fraction of sp³-hybridized carbons (Fsp3) is 0.200. The average molecular weight is 225 g/mol. The molecule has 0 saturated heterocycles. The van der Waals surface area contributed by atoms with Gasteiger partial charge in [0.1, 0.15) is 12.4 Å². The van der Waals surface area contributed by atoms with Crippen molar-refractivity contribution in [2.75, 3.05) is 13.2 Å². The molecule has 0 aromatic heterocycles. The SMILES string of the molecule is C#CCOc1ccc2ccccc2c1CCN. The van der Waals surface area contributed by atoms with Crippen molar-refractivity contribution in [3.8, 4) is 18.1 Å². The first kappa shape index (κ1) is 11.5. The number of hydrogen-bond donors (Lipinski definition) is 1. The Balaban J connectivity index is 2.52. The molecule has 17 heavy (non-hydrogen) atoms. The smallest absolute Gasteiger partial charge is 0.148 e. The number of ether oxygens (including phenoxy) is 1. The van der Waals surface area contributed by atoms with E-state index in [0.717, 1.165) is 17.7 Å². The first-order valence-corrected chi connectivity index (χ1v) is 5.63. The Bertz CT molecular complexity index is 554. The minimum Gasteiger partial charge on any atom is -0.481 e. The van der Waals surface area contributed by atoms with Crippen LogP contribution in [0, 0.1) is 12.3 Å². The van der Waals surface area contributed by atoms with E-state index in [2.05, 4.69) is 18.1 Å². The second-order valence-corrected chi connectivity index (χ2v) is 3.79. The molecule has 0 heterocycles. The Hall–Kier alpha value is -1.98. The lowest BCUT2D eigenvalue weighted by atomic mass is 10.0. The van der Waals surface area contributed by atoms with Gasteiger partial charge < -0.3 is 10.5 Å². The molecule has 2 heteroatoms. The van der Waals surface area contributed by atoms with Gasteiger partial charge in [-0.1, -0.05) is 36.3 Å². The van der Waals surface area contributed by atoms with Gasteiger partial charge in [-0.05, 0) is 29.8 Å². The molecule has 0 radical (unpaired) electrons. The van der Waals surface area contributed by atoms with Crippen molar-refractivity contribution in [2.45, 2.75) is 6.42 Å². The fourth-order valence-corrected chi connectivity index (χ4v) is 1.97. The topological polar surface area (TPSA) is 35.2 Å². The van der Waals surface area contributed by atoms with E-state index in [0.29, 0.717) is 6.54 Å². The van der Waals surface area contributed by atoms with Crippen LogP contribution in [0.15, 0.2) is 36.4 Å². The van der Waals surface area contributed by atoms with Crippen LogP contribution in [-0.4, -0.2) is 13.2 Å². The minimum atomic E-state index is 0.288. The second kappa shape index (κ2) is 5.38. The highest BCUT2D eigenvalue weighted by atomic mass is 16.5. The number of rotatable bonds is 4. The highest BCUT2D eigenvalue weighted by Gasteiger charge is 2.07. The van der Waals surface area contributed by atoms with Crippen molar-refractivity contribution in [2.24, 2.45) is 5.73 Å². The minimum absolute atomic E-state index is 0.288. The predicted octanol–water partition coefficient (Wildman–Crippen LogP) is 2.35. The third-order valence-electron chi connectivity index (χ3n) is 2.70. The largest absolute Gasteiger partial charge is 0.481 e. The molecule has 2 aromatic rings. The Morgan fingerprint density at radius 1 is 1.18 bits per heavy atom. The van der Waals surface area contributed by atoms with Gasteiger partial charge in [0.15, 0.2) is 0 Å². The van der Waals surface area contributed by atoms with Gasteiger partial charge in [0.05, 0.1) is 0 Å². The summed E-state index contributed by atoms with van der Waals surface area (Å²) in [6.45, 7) is 0.885. The highest BCUT2D eigenvalue weighted by Crippen LogP contribution is 2.28. The molecule has 0 bridgehead atoms. The quantitative estimate of drug-likeness (QED) is 0.811. The van der Waals surface area contributed by atoms with E-state index in [9.17, 15) is 0 Å². The zero-order valence-electron chi connectivity index (χ0n) is 9.65. The van der Waals surface area contributed by atoms with Gasteiger partial charge in [-0.25, -0.2) is 0 Å². The summed E-state index contributed by atoms with van der Waals surface area (Å²) in [5.74, 6) is 3.32. The van der Waals surface area contributed by atoms with Gasteiger partial charge in [0.2, 0.25) is 0 Å². The van der Waals surface area contributed by atoms with Crippen molar-refractivity contribution in [3.63, 3.8) is 0 Å². The Morgan fingerprint density at radius 2 is 2.00 bits per heavy atom. The van der Waals surface area contributed by atoms with E-state index in [4.69, 9.17) is 16.9 Å². The summed E-state index contributed by atoms with van der Waals surface area (Å²) in [5.41, 5.74) is 6.79. The molecule has 0 atom stereocenters. The summed E-state index contributed by atoms with van der Waals surface area (Å²) in [4.78, 5) is 0. The lowest BCUT2D eigenvalue weighted by molar-refractivity contribution is 0.367. The molecule has 0 aliphatic heterocycles. The maximum atomic E-state index is 5.65. The van der Waals surface area contributed by atoms with E-state index in [-0.39, 0.29) is 6.61 Å². The van der Waals surface area contributed by atoms with Crippen LogP contribution in [0.2, 0.25) is 0 Å². The Kier molecular flexibility index (Phi) is 3.64. The molecule has 86 valence electrons. The Morgan fingerprint density at radius 3 is 2.76 bits per heavy atom. The van der Waals surface area contributed by atoms with Crippen LogP contribution < -0.4 is 10.5 Å². The average Bonchev–Trinajstić information content (AvgIpc) is 2.38. The summed E-state index contributed by atoms with van der Waals surface area (Å²) < 4.78 is 5.56. The molecular weight excluding hydrogens is 210 g/mol. The lowest BCUT2D eigenvalue weighted by Gasteiger charge is -2.12. The molecular formula is C15H15NO. The lowest BCUT2D eigenvalue weighted by Crippen LogP contribution is -2.06. The number of fused-ring (bicyclic) bond motifs is 1. The van der Waals surface area contributed by atoms with Crippen molar-refractivity contribution >= 4 is 10.8 Å². The van der Waals surface area contributed by atoms with Gasteiger partial charge in [-0.2, -0.15) is 0 Å². The van der Waals surface area contributed by atoms with Gasteiger partial charge in [0.25, 0.3) is 0 Å². The van der Waals surface area contributed by atoms with Gasteiger partial charge >= 0.3 is 0 Å². The van der Waals surface area contributed by atoms with E-state index in [1.54, 1.807) is 0 Å². The first-order chi connectivity index (χ1) is 8.36. The standard InChI is InChI=1S/C15H15NO/c1-2-11-17-15-8-7-12-5-3-4-6-13(12)14(15)9-10-16/h1,3-8H,9-11,16H2. The molecule has 0 fully saturated rings. The molecule has 2 N–H and O–H groups in total. The molecule has 0 aliphatic carbocycles.